The zero-order valence-corrected chi connectivity index (χ0v) is 11.9. The van der Waals surface area contributed by atoms with Crippen LogP contribution in [0, 0.1) is 5.92 Å². The Balaban J connectivity index is 2.04. The molecule has 0 saturated heterocycles. The number of benzene rings is 1. The van der Waals surface area contributed by atoms with Crippen LogP contribution < -0.4 is 0 Å². The molecule has 0 radical (unpaired) electrons. The lowest BCUT2D eigenvalue weighted by molar-refractivity contribution is 0.104. The summed E-state index contributed by atoms with van der Waals surface area (Å²) in [6, 6.07) is 11.6. The number of nitrogens with zero attached hydrogens (tertiary/aromatic N) is 1. The van der Waals surface area contributed by atoms with Crippen molar-refractivity contribution >= 4 is 11.9 Å². The molecule has 0 aliphatic carbocycles. The minimum Gasteiger partial charge on any atom is -0.289 e. The number of rotatable bonds is 5. The molecular weight excluding hydrogens is 246 g/mol. The van der Waals surface area contributed by atoms with E-state index in [-0.39, 0.29) is 5.78 Å². The van der Waals surface area contributed by atoms with Gasteiger partial charge in [-0.05, 0) is 41.7 Å². The summed E-state index contributed by atoms with van der Waals surface area (Å²) < 4.78 is 0. The molecule has 0 spiro atoms. The molecule has 0 bridgehead atoms. The molecule has 0 aliphatic rings. The van der Waals surface area contributed by atoms with Gasteiger partial charge >= 0.3 is 0 Å². The van der Waals surface area contributed by atoms with Crippen LogP contribution >= 0.6 is 0 Å². The Kier molecular flexibility index (Phi) is 4.83. The summed E-state index contributed by atoms with van der Waals surface area (Å²) in [6.07, 6.45) is 7.87. The van der Waals surface area contributed by atoms with E-state index in [1.165, 1.54) is 5.56 Å². The van der Waals surface area contributed by atoms with E-state index in [4.69, 9.17) is 0 Å². The van der Waals surface area contributed by atoms with E-state index in [1.807, 2.05) is 36.4 Å². The molecule has 0 N–H and O–H groups in total. The third-order valence-electron chi connectivity index (χ3n) is 2.99. The van der Waals surface area contributed by atoms with E-state index in [9.17, 15) is 4.79 Å². The minimum atomic E-state index is 0.0185. The fourth-order valence-electron chi connectivity index (χ4n) is 2.02. The van der Waals surface area contributed by atoms with Gasteiger partial charge in [0.05, 0.1) is 0 Å². The number of aromatic nitrogens is 1. The van der Waals surface area contributed by atoms with Crippen LogP contribution in [0.5, 0.6) is 0 Å². The van der Waals surface area contributed by atoms with Crippen LogP contribution in [0.4, 0.5) is 0 Å². The van der Waals surface area contributed by atoms with E-state index in [0.717, 1.165) is 17.5 Å². The van der Waals surface area contributed by atoms with Gasteiger partial charge < -0.3 is 0 Å². The Labute approximate surface area is 120 Å². The molecule has 2 nitrogen and oxygen atoms in total. The third kappa shape index (κ3) is 4.16. The van der Waals surface area contributed by atoms with Crippen molar-refractivity contribution in [1.29, 1.82) is 0 Å². The maximum atomic E-state index is 12.0. The highest BCUT2D eigenvalue weighted by Gasteiger charge is 2.03. The Morgan fingerprint density at radius 3 is 2.55 bits per heavy atom. The average molecular weight is 265 g/mol. The highest BCUT2D eigenvalue weighted by atomic mass is 16.1. The molecule has 0 saturated carbocycles. The number of ketones is 1. The van der Waals surface area contributed by atoms with Crippen LogP contribution in [0.25, 0.3) is 6.08 Å². The van der Waals surface area contributed by atoms with E-state index in [1.54, 1.807) is 24.5 Å². The maximum absolute atomic E-state index is 12.0. The van der Waals surface area contributed by atoms with Crippen LogP contribution in [0.1, 0.15) is 35.3 Å². The quantitative estimate of drug-likeness (QED) is 0.599. The number of carbonyl (C=O) groups is 1. The summed E-state index contributed by atoms with van der Waals surface area (Å²) in [4.78, 5) is 16.1. The van der Waals surface area contributed by atoms with Crippen LogP contribution in [0.2, 0.25) is 0 Å². The summed E-state index contributed by atoms with van der Waals surface area (Å²) in [5.41, 5.74) is 2.92. The Hall–Kier alpha value is -2.22. The first-order valence-corrected chi connectivity index (χ1v) is 6.86. The van der Waals surface area contributed by atoms with E-state index >= 15 is 0 Å². The van der Waals surface area contributed by atoms with Crippen molar-refractivity contribution in [2.24, 2.45) is 5.92 Å². The first-order valence-electron chi connectivity index (χ1n) is 6.86. The second kappa shape index (κ2) is 6.80. The van der Waals surface area contributed by atoms with Gasteiger partial charge in [-0.1, -0.05) is 44.2 Å². The van der Waals surface area contributed by atoms with Crippen LogP contribution in [-0.2, 0) is 6.42 Å². The molecule has 1 heterocycles. The Morgan fingerprint density at radius 1 is 1.20 bits per heavy atom. The van der Waals surface area contributed by atoms with Crippen molar-refractivity contribution < 1.29 is 4.79 Å². The highest BCUT2D eigenvalue weighted by Crippen LogP contribution is 2.11. The SMILES string of the molecule is CC(C)Cc1ccc(C(=O)C=Cc2cccnc2)cc1. The van der Waals surface area contributed by atoms with E-state index in [2.05, 4.69) is 18.8 Å². The van der Waals surface area contributed by atoms with Gasteiger partial charge in [0.15, 0.2) is 5.78 Å². The van der Waals surface area contributed by atoms with Crippen molar-refractivity contribution in [2.45, 2.75) is 20.3 Å². The molecule has 2 heteroatoms. The van der Waals surface area contributed by atoms with Gasteiger partial charge in [0.25, 0.3) is 0 Å². The second-order valence-electron chi connectivity index (χ2n) is 5.28. The van der Waals surface area contributed by atoms with Crippen LogP contribution in [0.15, 0.2) is 54.9 Å². The monoisotopic (exact) mass is 265 g/mol. The Bertz CT molecular complexity index is 583. The molecule has 0 aliphatic heterocycles. The predicted octanol–water partition coefficient (Wildman–Crippen LogP) is 4.18. The molecule has 1 aromatic heterocycles. The topological polar surface area (TPSA) is 30.0 Å². The maximum Gasteiger partial charge on any atom is 0.185 e. The van der Waals surface area contributed by atoms with Gasteiger partial charge in [0.1, 0.15) is 0 Å². The largest absolute Gasteiger partial charge is 0.289 e. The standard InChI is InChI=1S/C18H19NO/c1-14(2)12-15-5-8-17(9-6-15)18(20)10-7-16-4-3-11-19-13-16/h3-11,13-14H,12H2,1-2H3. The van der Waals surface area contributed by atoms with Gasteiger partial charge in [0.2, 0.25) is 0 Å². The highest BCUT2D eigenvalue weighted by molar-refractivity contribution is 6.06. The molecule has 102 valence electrons. The summed E-state index contributed by atoms with van der Waals surface area (Å²) >= 11 is 0. The first kappa shape index (κ1) is 14.2. The Morgan fingerprint density at radius 2 is 1.95 bits per heavy atom. The normalized spacial score (nSPS) is 11.2. The molecular formula is C18H19NO. The molecule has 0 fully saturated rings. The van der Waals surface area contributed by atoms with Crippen molar-refractivity contribution in [3.8, 4) is 0 Å². The van der Waals surface area contributed by atoms with Crippen molar-refractivity contribution in [2.75, 3.05) is 0 Å². The van der Waals surface area contributed by atoms with Crippen LogP contribution in [-0.4, -0.2) is 10.8 Å². The minimum absolute atomic E-state index is 0.0185. The van der Waals surface area contributed by atoms with Gasteiger partial charge in [0, 0.05) is 18.0 Å². The van der Waals surface area contributed by atoms with Crippen molar-refractivity contribution in [1.82, 2.24) is 4.98 Å². The molecule has 1 aromatic carbocycles. The van der Waals surface area contributed by atoms with Gasteiger partial charge in [-0.15, -0.1) is 0 Å². The summed E-state index contributed by atoms with van der Waals surface area (Å²) in [7, 11) is 0. The summed E-state index contributed by atoms with van der Waals surface area (Å²) in [5.74, 6) is 0.645. The summed E-state index contributed by atoms with van der Waals surface area (Å²) in [5, 5.41) is 0. The van der Waals surface area contributed by atoms with E-state index < -0.39 is 0 Å². The molecule has 2 rings (SSSR count). The smallest absolute Gasteiger partial charge is 0.185 e. The zero-order chi connectivity index (χ0) is 14.4. The lowest BCUT2D eigenvalue weighted by Crippen LogP contribution is -1.97. The molecule has 0 unspecified atom stereocenters. The molecule has 0 atom stereocenters. The zero-order valence-electron chi connectivity index (χ0n) is 11.9. The number of pyridine rings is 1. The predicted molar refractivity (Wildman–Crippen MR) is 82.6 cm³/mol. The van der Waals surface area contributed by atoms with Gasteiger partial charge in [-0.25, -0.2) is 0 Å². The van der Waals surface area contributed by atoms with Gasteiger partial charge in [-0.2, -0.15) is 0 Å². The van der Waals surface area contributed by atoms with Crippen LogP contribution in [0.3, 0.4) is 0 Å². The van der Waals surface area contributed by atoms with E-state index in [0.29, 0.717) is 5.92 Å². The number of allylic oxidation sites excluding steroid dienone is 1. The fraction of sp³-hybridized carbons (Fsp3) is 0.222. The first-order chi connectivity index (χ1) is 9.65. The molecule has 0 amide bonds. The fourth-order valence-corrected chi connectivity index (χ4v) is 2.02. The second-order valence-corrected chi connectivity index (χ2v) is 5.28. The number of hydrogen-bond donors (Lipinski definition) is 0. The van der Waals surface area contributed by atoms with Gasteiger partial charge in [-0.3, -0.25) is 9.78 Å². The number of carbonyl (C=O) groups excluding carboxylic acids is 1. The van der Waals surface area contributed by atoms with Crippen molar-refractivity contribution in [3.63, 3.8) is 0 Å². The average Bonchev–Trinajstić information content (AvgIpc) is 2.46. The lowest BCUT2D eigenvalue weighted by atomic mass is 10.0. The number of hydrogen-bond acceptors (Lipinski definition) is 2. The van der Waals surface area contributed by atoms with Crippen molar-refractivity contribution in [3.05, 3.63) is 71.6 Å². The third-order valence-corrected chi connectivity index (χ3v) is 2.99. The summed E-state index contributed by atoms with van der Waals surface area (Å²) in [6.45, 7) is 4.38. The molecule has 2 aromatic rings. The lowest BCUT2D eigenvalue weighted by Gasteiger charge is -2.05. The molecule has 20 heavy (non-hydrogen) atoms.